The number of likely N-dealkylation sites (N-methyl/N-ethyl adjacent to an activating group) is 1. The minimum Gasteiger partial charge on any atom is -0.468 e. The van der Waals surface area contributed by atoms with Crippen molar-refractivity contribution < 1.29 is 17.6 Å². The number of sulfonamides is 1. The highest BCUT2D eigenvalue weighted by molar-refractivity contribution is 7.89. The third kappa shape index (κ3) is 5.81. The summed E-state index contributed by atoms with van der Waals surface area (Å²) in [6.07, 6.45) is 1.48. The second-order valence-electron chi connectivity index (χ2n) is 7.85. The molecule has 0 unspecified atom stereocenters. The average molecular weight is 469 g/mol. The van der Waals surface area contributed by atoms with Crippen molar-refractivity contribution in [1.29, 1.82) is 0 Å². The quantitative estimate of drug-likeness (QED) is 0.527. The molecule has 0 radical (unpaired) electrons. The number of hydrogen-bond donors (Lipinski definition) is 2. The van der Waals surface area contributed by atoms with E-state index in [-0.39, 0.29) is 17.3 Å². The molecule has 0 aliphatic carbocycles. The third-order valence-electron chi connectivity index (χ3n) is 5.75. The van der Waals surface area contributed by atoms with Crippen LogP contribution < -0.4 is 14.9 Å². The van der Waals surface area contributed by atoms with E-state index in [2.05, 4.69) is 26.8 Å². The van der Waals surface area contributed by atoms with Gasteiger partial charge in [0.1, 0.15) is 5.76 Å². The largest absolute Gasteiger partial charge is 0.468 e. The van der Waals surface area contributed by atoms with Crippen LogP contribution >= 0.6 is 0 Å². The average Bonchev–Trinajstić information content (AvgIpc) is 3.37. The summed E-state index contributed by atoms with van der Waals surface area (Å²) in [5, 5.41) is 2.86. The molecule has 1 aliphatic heterocycles. The van der Waals surface area contributed by atoms with Crippen LogP contribution in [0.3, 0.4) is 0 Å². The molecule has 1 saturated heterocycles. The Morgan fingerprint density at radius 1 is 0.970 bits per heavy atom. The number of benzene rings is 2. The zero-order valence-electron chi connectivity index (χ0n) is 18.5. The Kier molecular flexibility index (Phi) is 7.12. The van der Waals surface area contributed by atoms with Gasteiger partial charge in [-0.15, -0.1) is 0 Å². The first kappa shape index (κ1) is 23.0. The van der Waals surface area contributed by atoms with E-state index in [9.17, 15) is 13.2 Å². The molecule has 0 spiro atoms. The number of piperazine rings is 1. The maximum Gasteiger partial charge on any atom is 0.255 e. The molecule has 1 aliphatic rings. The van der Waals surface area contributed by atoms with Gasteiger partial charge in [-0.25, -0.2) is 13.1 Å². The highest BCUT2D eigenvalue weighted by atomic mass is 32.2. The highest BCUT2D eigenvalue weighted by Crippen LogP contribution is 2.20. The van der Waals surface area contributed by atoms with Crippen molar-refractivity contribution in [2.45, 2.75) is 18.4 Å². The van der Waals surface area contributed by atoms with Crippen LogP contribution in [0.5, 0.6) is 0 Å². The van der Waals surface area contributed by atoms with E-state index >= 15 is 0 Å². The molecule has 9 heteroatoms. The molecule has 33 heavy (non-hydrogen) atoms. The Morgan fingerprint density at radius 3 is 2.27 bits per heavy atom. The lowest BCUT2D eigenvalue weighted by atomic mass is 10.2. The third-order valence-corrected chi connectivity index (χ3v) is 7.17. The Hall–Kier alpha value is -3.14. The van der Waals surface area contributed by atoms with Crippen LogP contribution in [0, 0.1) is 0 Å². The van der Waals surface area contributed by atoms with Crippen molar-refractivity contribution in [3.63, 3.8) is 0 Å². The van der Waals surface area contributed by atoms with Crippen molar-refractivity contribution in [2.24, 2.45) is 0 Å². The Morgan fingerprint density at radius 2 is 1.67 bits per heavy atom. The van der Waals surface area contributed by atoms with Gasteiger partial charge in [0.05, 0.1) is 17.7 Å². The second-order valence-corrected chi connectivity index (χ2v) is 9.62. The molecule has 0 atom stereocenters. The van der Waals surface area contributed by atoms with Gasteiger partial charge < -0.3 is 19.5 Å². The zero-order chi connectivity index (χ0) is 23.3. The summed E-state index contributed by atoms with van der Waals surface area (Å²) in [6, 6.07) is 17.0. The molecule has 1 fully saturated rings. The Balaban J connectivity index is 1.34. The molecule has 0 bridgehead atoms. The lowest BCUT2D eigenvalue weighted by molar-refractivity contribution is 0.102. The van der Waals surface area contributed by atoms with Gasteiger partial charge in [0.2, 0.25) is 10.0 Å². The van der Waals surface area contributed by atoms with Crippen molar-refractivity contribution in [2.75, 3.05) is 42.9 Å². The summed E-state index contributed by atoms with van der Waals surface area (Å²) in [5.41, 5.74) is 2.20. The summed E-state index contributed by atoms with van der Waals surface area (Å²) in [7, 11) is -3.71. The Labute approximate surface area is 194 Å². The van der Waals surface area contributed by atoms with Gasteiger partial charge in [0.25, 0.3) is 5.91 Å². The molecule has 2 aromatic carbocycles. The van der Waals surface area contributed by atoms with Crippen LogP contribution in [0.15, 0.2) is 76.2 Å². The fourth-order valence-electron chi connectivity index (χ4n) is 3.73. The number of furan rings is 1. The predicted octanol–water partition coefficient (Wildman–Crippen LogP) is 3.15. The fraction of sp³-hybridized carbons (Fsp3) is 0.292. The molecule has 4 rings (SSSR count). The van der Waals surface area contributed by atoms with Crippen LogP contribution in [0.25, 0.3) is 0 Å². The lowest BCUT2D eigenvalue weighted by Crippen LogP contribution is -2.46. The maximum absolute atomic E-state index is 12.6. The number of amides is 1. The van der Waals surface area contributed by atoms with E-state index in [0.29, 0.717) is 17.0 Å². The summed E-state index contributed by atoms with van der Waals surface area (Å²) in [4.78, 5) is 17.5. The van der Waals surface area contributed by atoms with E-state index in [1.54, 1.807) is 12.1 Å². The van der Waals surface area contributed by atoms with Gasteiger partial charge in [-0.2, -0.15) is 0 Å². The number of carbonyl (C=O) groups excluding carboxylic acids is 1. The van der Waals surface area contributed by atoms with E-state index in [1.165, 1.54) is 30.5 Å². The predicted molar refractivity (Wildman–Crippen MR) is 128 cm³/mol. The summed E-state index contributed by atoms with van der Waals surface area (Å²) >= 11 is 0. The number of nitrogens with zero attached hydrogens (tertiary/aromatic N) is 2. The number of anilines is 2. The SMILES string of the molecule is CCN1CCN(c2ccc(NC(=O)c3ccc(S(=O)(=O)NCc4ccco4)cc3)cc2)CC1. The van der Waals surface area contributed by atoms with Crippen LogP contribution in [0.2, 0.25) is 0 Å². The molecular weight excluding hydrogens is 440 g/mol. The van der Waals surface area contributed by atoms with Gasteiger partial charge in [-0.3, -0.25) is 4.79 Å². The molecule has 1 aromatic heterocycles. The van der Waals surface area contributed by atoms with E-state index in [4.69, 9.17) is 4.42 Å². The van der Waals surface area contributed by atoms with Crippen LogP contribution in [0.4, 0.5) is 11.4 Å². The van der Waals surface area contributed by atoms with Gasteiger partial charge >= 0.3 is 0 Å². The highest BCUT2D eigenvalue weighted by Gasteiger charge is 2.17. The van der Waals surface area contributed by atoms with Gasteiger partial charge in [-0.05, 0) is 67.2 Å². The molecule has 1 amide bonds. The lowest BCUT2D eigenvalue weighted by Gasteiger charge is -2.35. The first-order valence-electron chi connectivity index (χ1n) is 11.0. The van der Waals surface area contributed by atoms with Crippen LogP contribution in [0.1, 0.15) is 23.0 Å². The number of rotatable bonds is 8. The van der Waals surface area contributed by atoms with Crippen molar-refractivity contribution in [1.82, 2.24) is 9.62 Å². The van der Waals surface area contributed by atoms with E-state index in [1.807, 2.05) is 24.3 Å². The molecule has 2 N–H and O–H groups in total. The minimum absolute atomic E-state index is 0.0574. The normalized spacial score (nSPS) is 14.9. The maximum atomic E-state index is 12.6. The Bertz CT molecular complexity index is 1150. The summed E-state index contributed by atoms with van der Waals surface area (Å²) < 4.78 is 32.5. The molecular formula is C24H28N4O4S. The van der Waals surface area contributed by atoms with Gasteiger partial charge in [-0.1, -0.05) is 6.92 Å². The van der Waals surface area contributed by atoms with Crippen LogP contribution in [-0.4, -0.2) is 51.9 Å². The van der Waals surface area contributed by atoms with Crippen molar-refractivity contribution in [3.8, 4) is 0 Å². The molecule has 3 aromatic rings. The fourth-order valence-corrected chi connectivity index (χ4v) is 4.72. The zero-order valence-corrected chi connectivity index (χ0v) is 19.3. The molecule has 174 valence electrons. The number of hydrogen-bond acceptors (Lipinski definition) is 6. The van der Waals surface area contributed by atoms with Crippen molar-refractivity contribution in [3.05, 3.63) is 78.3 Å². The monoisotopic (exact) mass is 468 g/mol. The first-order valence-corrected chi connectivity index (χ1v) is 12.4. The van der Waals surface area contributed by atoms with Crippen molar-refractivity contribution >= 4 is 27.3 Å². The first-order chi connectivity index (χ1) is 15.9. The smallest absolute Gasteiger partial charge is 0.255 e. The topological polar surface area (TPSA) is 94.9 Å². The summed E-state index contributed by atoms with van der Waals surface area (Å²) in [6.45, 7) is 7.41. The number of nitrogens with one attached hydrogen (secondary N) is 2. The van der Waals surface area contributed by atoms with E-state index < -0.39 is 10.0 Å². The van der Waals surface area contributed by atoms with Gasteiger partial charge in [0.15, 0.2) is 0 Å². The molecule has 2 heterocycles. The molecule has 8 nitrogen and oxygen atoms in total. The standard InChI is InChI=1S/C24H28N4O4S/c1-2-27-13-15-28(16-14-27)21-9-7-20(8-10-21)26-24(29)19-5-11-23(12-6-19)33(30,31)25-18-22-4-3-17-32-22/h3-12,17,25H,2,13-16,18H2,1H3,(H,26,29). The molecule has 0 saturated carbocycles. The number of carbonyl (C=O) groups is 1. The minimum atomic E-state index is -3.71. The summed E-state index contributed by atoms with van der Waals surface area (Å²) in [5.74, 6) is 0.218. The van der Waals surface area contributed by atoms with E-state index in [0.717, 1.165) is 38.4 Å². The van der Waals surface area contributed by atoms with Gasteiger partial charge in [0, 0.05) is 43.1 Å². The van der Waals surface area contributed by atoms with Crippen LogP contribution in [-0.2, 0) is 16.6 Å². The second kappa shape index (κ2) is 10.2.